The third-order valence-electron chi connectivity index (χ3n) is 2.15. The molecule has 0 atom stereocenters. The minimum absolute atomic E-state index is 0.133. The summed E-state index contributed by atoms with van der Waals surface area (Å²) < 4.78 is 4.50. The lowest BCUT2D eigenvalue weighted by Gasteiger charge is -2.16. The van der Waals surface area contributed by atoms with E-state index in [1.54, 1.807) is 31.6 Å². The Bertz CT molecular complexity index is 365. The molecule has 0 fully saturated rings. The number of esters is 1. The number of methoxy groups -OCH3 is 1. The molecule has 0 aliphatic heterocycles. The molecule has 5 heteroatoms. The van der Waals surface area contributed by atoms with Gasteiger partial charge in [0.05, 0.1) is 13.5 Å². The van der Waals surface area contributed by atoms with Crippen LogP contribution in [0.4, 0.5) is 0 Å². The molecule has 5 nitrogen and oxygen atoms in total. The molecular formula is C11H14N2O3. The highest BCUT2D eigenvalue weighted by molar-refractivity contribution is 5.94. The van der Waals surface area contributed by atoms with Gasteiger partial charge in [0.1, 0.15) is 0 Å². The Morgan fingerprint density at radius 3 is 2.56 bits per heavy atom. The van der Waals surface area contributed by atoms with E-state index < -0.39 is 0 Å². The van der Waals surface area contributed by atoms with Gasteiger partial charge in [-0.2, -0.15) is 0 Å². The molecule has 1 heterocycles. The van der Waals surface area contributed by atoms with Gasteiger partial charge in [0.15, 0.2) is 0 Å². The maximum absolute atomic E-state index is 11.8. The van der Waals surface area contributed by atoms with Gasteiger partial charge in [0, 0.05) is 31.5 Å². The third kappa shape index (κ3) is 3.34. The van der Waals surface area contributed by atoms with Gasteiger partial charge < -0.3 is 9.64 Å². The van der Waals surface area contributed by atoms with Gasteiger partial charge in [-0.3, -0.25) is 14.6 Å². The Labute approximate surface area is 94.0 Å². The van der Waals surface area contributed by atoms with Crippen molar-refractivity contribution in [2.45, 2.75) is 6.42 Å². The van der Waals surface area contributed by atoms with Gasteiger partial charge in [-0.15, -0.1) is 0 Å². The van der Waals surface area contributed by atoms with Crippen LogP contribution < -0.4 is 0 Å². The molecule has 0 bridgehead atoms. The van der Waals surface area contributed by atoms with E-state index in [0.29, 0.717) is 12.1 Å². The average Bonchev–Trinajstić information content (AvgIpc) is 2.35. The van der Waals surface area contributed by atoms with Crippen LogP contribution in [0.15, 0.2) is 24.5 Å². The average molecular weight is 222 g/mol. The van der Waals surface area contributed by atoms with Crippen LogP contribution in [0.3, 0.4) is 0 Å². The molecule has 0 saturated heterocycles. The molecule has 0 aliphatic rings. The first kappa shape index (κ1) is 12.2. The summed E-state index contributed by atoms with van der Waals surface area (Å²) in [5.74, 6) is -0.458. The number of rotatable bonds is 4. The second-order valence-electron chi connectivity index (χ2n) is 3.29. The first-order valence-corrected chi connectivity index (χ1v) is 4.87. The van der Waals surface area contributed by atoms with Crippen LogP contribution in [0.25, 0.3) is 0 Å². The van der Waals surface area contributed by atoms with Gasteiger partial charge in [-0.05, 0) is 12.1 Å². The molecule has 0 saturated carbocycles. The van der Waals surface area contributed by atoms with Crippen molar-refractivity contribution in [1.29, 1.82) is 0 Å². The Kier molecular flexibility index (Phi) is 4.44. The molecule has 1 rings (SSSR count). The van der Waals surface area contributed by atoms with Crippen LogP contribution in [0, 0.1) is 0 Å². The number of hydrogen-bond donors (Lipinski definition) is 0. The molecule has 0 aliphatic carbocycles. The fourth-order valence-corrected chi connectivity index (χ4v) is 1.18. The van der Waals surface area contributed by atoms with E-state index in [4.69, 9.17) is 0 Å². The zero-order valence-electron chi connectivity index (χ0n) is 9.34. The van der Waals surface area contributed by atoms with Crippen molar-refractivity contribution < 1.29 is 14.3 Å². The Hall–Kier alpha value is -1.91. The predicted octanol–water partition coefficient (Wildman–Crippen LogP) is 0.717. The largest absolute Gasteiger partial charge is 0.469 e. The van der Waals surface area contributed by atoms with Crippen LogP contribution in [-0.4, -0.2) is 42.5 Å². The number of carbonyl (C=O) groups excluding carboxylic acids is 2. The molecule has 0 aromatic carbocycles. The zero-order valence-corrected chi connectivity index (χ0v) is 9.34. The number of pyridine rings is 1. The van der Waals surface area contributed by atoms with Crippen molar-refractivity contribution in [3.63, 3.8) is 0 Å². The second kappa shape index (κ2) is 5.85. The molecular weight excluding hydrogens is 208 g/mol. The summed E-state index contributed by atoms with van der Waals surface area (Å²) in [5.41, 5.74) is 0.558. The molecule has 0 unspecified atom stereocenters. The fraction of sp³-hybridized carbons (Fsp3) is 0.364. The SMILES string of the molecule is COC(=O)CCN(C)C(=O)c1ccncc1. The normalized spacial score (nSPS) is 9.62. The van der Waals surface area contributed by atoms with Crippen molar-refractivity contribution in [1.82, 2.24) is 9.88 Å². The fourth-order valence-electron chi connectivity index (χ4n) is 1.18. The number of ether oxygens (including phenoxy) is 1. The Morgan fingerprint density at radius 2 is 2.00 bits per heavy atom. The van der Waals surface area contributed by atoms with Crippen LogP contribution >= 0.6 is 0 Å². The number of amides is 1. The summed E-state index contributed by atoms with van der Waals surface area (Å²) in [6.45, 7) is 0.341. The van der Waals surface area contributed by atoms with Crippen LogP contribution in [0.5, 0.6) is 0 Å². The van der Waals surface area contributed by atoms with Crippen LogP contribution in [-0.2, 0) is 9.53 Å². The molecule has 0 spiro atoms. The number of aromatic nitrogens is 1. The maximum Gasteiger partial charge on any atom is 0.307 e. The van der Waals surface area contributed by atoms with Gasteiger partial charge in [0.25, 0.3) is 5.91 Å². The van der Waals surface area contributed by atoms with Crippen LogP contribution in [0.2, 0.25) is 0 Å². The molecule has 86 valence electrons. The van der Waals surface area contributed by atoms with E-state index >= 15 is 0 Å². The number of nitrogens with zero attached hydrogens (tertiary/aromatic N) is 2. The van der Waals surface area contributed by atoms with E-state index in [1.165, 1.54) is 12.0 Å². The number of carbonyl (C=O) groups is 2. The lowest BCUT2D eigenvalue weighted by Crippen LogP contribution is -2.29. The molecule has 16 heavy (non-hydrogen) atoms. The van der Waals surface area contributed by atoms with Crippen molar-refractivity contribution in [3.05, 3.63) is 30.1 Å². The smallest absolute Gasteiger partial charge is 0.307 e. The van der Waals surface area contributed by atoms with Gasteiger partial charge in [-0.1, -0.05) is 0 Å². The van der Waals surface area contributed by atoms with E-state index in [-0.39, 0.29) is 18.3 Å². The Morgan fingerprint density at radius 1 is 1.38 bits per heavy atom. The summed E-state index contributed by atoms with van der Waals surface area (Å²) in [6, 6.07) is 3.27. The minimum Gasteiger partial charge on any atom is -0.469 e. The highest BCUT2D eigenvalue weighted by atomic mass is 16.5. The first-order chi connectivity index (χ1) is 7.65. The summed E-state index contributed by atoms with van der Waals surface area (Å²) in [5, 5.41) is 0. The predicted molar refractivity (Wildman–Crippen MR) is 57.8 cm³/mol. The third-order valence-corrected chi connectivity index (χ3v) is 2.15. The lowest BCUT2D eigenvalue weighted by atomic mass is 10.2. The summed E-state index contributed by atoms with van der Waals surface area (Å²) >= 11 is 0. The molecule has 1 aromatic rings. The molecule has 0 radical (unpaired) electrons. The van der Waals surface area contributed by atoms with Crippen molar-refractivity contribution in [3.8, 4) is 0 Å². The summed E-state index contributed by atoms with van der Waals surface area (Å²) in [4.78, 5) is 28.0. The topological polar surface area (TPSA) is 59.5 Å². The highest BCUT2D eigenvalue weighted by Crippen LogP contribution is 2.02. The van der Waals surface area contributed by atoms with Crippen LogP contribution in [0.1, 0.15) is 16.8 Å². The van der Waals surface area contributed by atoms with E-state index in [9.17, 15) is 9.59 Å². The summed E-state index contributed by atoms with van der Waals surface area (Å²) in [7, 11) is 2.97. The Balaban J connectivity index is 2.52. The summed E-state index contributed by atoms with van der Waals surface area (Å²) in [6.07, 6.45) is 3.31. The van der Waals surface area contributed by atoms with Crippen molar-refractivity contribution >= 4 is 11.9 Å². The lowest BCUT2D eigenvalue weighted by molar-refractivity contribution is -0.140. The van der Waals surface area contributed by atoms with E-state index in [2.05, 4.69) is 9.72 Å². The van der Waals surface area contributed by atoms with Gasteiger partial charge >= 0.3 is 5.97 Å². The maximum atomic E-state index is 11.8. The molecule has 1 amide bonds. The van der Waals surface area contributed by atoms with Gasteiger partial charge in [-0.25, -0.2) is 0 Å². The van der Waals surface area contributed by atoms with E-state index in [0.717, 1.165) is 0 Å². The van der Waals surface area contributed by atoms with Crippen molar-refractivity contribution in [2.24, 2.45) is 0 Å². The number of hydrogen-bond acceptors (Lipinski definition) is 4. The quantitative estimate of drug-likeness (QED) is 0.704. The molecule has 0 N–H and O–H groups in total. The van der Waals surface area contributed by atoms with Gasteiger partial charge in [0.2, 0.25) is 0 Å². The second-order valence-corrected chi connectivity index (χ2v) is 3.29. The van der Waals surface area contributed by atoms with Crippen molar-refractivity contribution in [2.75, 3.05) is 20.7 Å². The minimum atomic E-state index is -0.325. The first-order valence-electron chi connectivity index (χ1n) is 4.87. The molecule has 1 aromatic heterocycles. The standard InChI is InChI=1S/C11H14N2O3/c1-13(8-5-10(14)16-2)11(15)9-3-6-12-7-4-9/h3-4,6-7H,5,8H2,1-2H3. The zero-order chi connectivity index (χ0) is 12.0. The monoisotopic (exact) mass is 222 g/mol. The highest BCUT2D eigenvalue weighted by Gasteiger charge is 2.12. The van der Waals surface area contributed by atoms with E-state index in [1.807, 2.05) is 0 Å².